The lowest BCUT2D eigenvalue weighted by atomic mass is 9.79. The Hall–Kier alpha value is -1.54. The van der Waals surface area contributed by atoms with Crippen LogP contribution in [0.1, 0.15) is 53.4 Å². The number of hydrogen-bond donors (Lipinski definition) is 1. The number of rotatable bonds is 10. The van der Waals surface area contributed by atoms with Gasteiger partial charge in [-0.25, -0.2) is 0 Å². The van der Waals surface area contributed by atoms with E-state index < -0.39 is 0 Å². The van der Waals surface area contributed by atoms with Crippen molar-refractivity contribution in [2.24, 2.45) is 11.1 Å². The second-order valence-corrected chi connectivity index (χ2v) is 7.13. The highest BCUT2D eigenvalue weighted by atomic mass is 15.1. The molecule has 0 heterocycles. The second kappa shape index (κ2) is 9.68. The van der Waals surface area contributed by atoms with Gasteiger partial charge in [0.2, 0.25) is 0 Å². The predicted molar refractivity (Wildman–Crippen MR) is 108 cm³/mol. The van der Waals surface area contributed by atoms with Crippen molar-refractivity contribution in [3.05, 3.63) is 59.9 Å². The third kappa shape index (κ3) is 5.83. The van der Waals surface area contributed by atoms with Crippen LogP contribution in [0.15, 0.2) is 59.9 Å². The summed E-state index contributed by atoms with van der Waals surface area (Å²) in [7, 11) is 0. The Morgan fingerprint density at radius 2 is 1.92 bits per heavy atom. The maximum absolute atomic E-state index is 5.88. The molecule has 1 unspecified atom stereocenters. The molecule has 2 nitrogen and oxygen atoms in total. The van der Waals surface area contributed by atoms with Crippen LogP contribution in [0.5, 0.6) is 0 Å². The van der Waals surface area contributed by atoms with Crippen LogP contribution in [0.25, 0.3) is 0 Å². The van der Waals surface area contributed by atoms with Gasteiger partial charge in [0.1, 0.15) is 0 Å². The van der Waals surface area contributed by atoms with Gasteiger partial charge in [-0.1, -0.05) is 63.8 Å². The maximum atomic E-state index is 5.88. The fourth-order valence-corrected chi connectivity index (χ4v) is 3.15. The zero-order valence-electron chi connectivity index (χ0n) is 16.2. The van der Waals surface area contributed by atoms with Gasteiger partial charge in [0, 0.05) is 24.2 Å². The van der Waals surface area contributed by atoms with Crippen molar-refractivity contribution < 1.29 is 0 Å². The molecule has 0 aromatic heterocycles. The number of nitrogens with zero attached hydrogens (tertiary/aromatic N) is 1. The molecule has 0 aromatic rings. The zero-order chi connectivity index (χ0) is 18.2. The summed E-state index contributed by atoms with van der Waals surface area (Å²) in [6, 6.07) is 0. The number of allylic oxidation sites excluding steroid dienone is 7. The van der Waals surface area contributed by atoms with Gasteiger partial charge < -0.3 is 10.6 Å². The Balaban J connectivity index is 3.02. The standard InChI is InChI=1S/C22H36N2/c1-7-15-24(16-8-2)19(5)21(11-14-23)17-22(6)12-9-20(10-13-22)18(3)4/h9-10,12,17H,3,5,7-8,11,13-16,23H2,1-2,4,6H3/b21-17+. The normalized spacial score (nSPS) is 20.7. The lowest BCUT2D eigenvalue weighted by molar-refractivity contribution is 0.348. The molecule has 24 heavy (non-hydrogen) atoms. The van der Waals surface area contributed by atoms with E-state index in [4.69, 9.17) is 5.73 Å². The fourth-order valence-electron chi connectivity index (χ4n) is 3.15. The van der Waals surface area contributed by atoms with E-state index in [1.165, 1.54) is 11.1 Å². The Bertz CT molecular complexity index is 530. The predicted octanol–water partition coefficient (Wildman–Crippen LogP) is 5.37. The van der Waals surface area contributed by atoms with Crippen LogP contribution < -0.4 is 5.73 Å². The molecule has 2 heteroatoms. The molecule has 0 saturated heterocycles. The Morgan fingerprint density at radius 3 is 2.33 bits per heavy atom. The van der Waals surface area contributed by atoms with Gasteiger partial charge in [-0.15, -0.1) is 0 Å². The van der Waals surface area contributed by atoms with Crippen LogP contribution in [-0.4, -0.2) is 24.5 Å². The summed E-state index contributed by atoms with van der Waals surface area (Å²) in [6.45, 7) is 20.0. The van der Waals surface area contributed by atoms with Crippen molar-refractivity contribution in [1.82, 2.24) is 4.90 Å². The molecule has 134 valence electrons. The SMILES string of the molecule is C=C(C)C1=CCC(C)(/C=C(\CCN)C(=C)N(CCC)CCC)C=C1. The van der Waals surface area contributed by atoms with E-state index in [-0.39, 0.29) is 5.41 Å². The van der Waals surface area contributed by atoms with E-state index in [1.807, 2.05) is 0 Å². The molecule has 0 bridgehead atoms. The van der Waals surface area contributed by atoms with Gasteiger partial charge in [-0.3, -0.25) is 0 Å². The summed E-state index contributed by atoms with van der Waals surface area (Å²) in [5.74, 6) is 0. The third-order valence-electron chi connectivity index (χ3n) is 4.56. The Labute approximate surface area is 149 Å². The molecule has 0 saturated carbocycles. The maximum Gasteiger partial charge on any atom is 0.0323 e. The molecule has 0 spiro atoms. The molecule has 0 radical (unpaired) electrons. The van der Waals surface area contributed by atoms with Crippen molar-refractivity contribution in [3.8, 4) is 0 Å². The van der Waals surface area contributed by atoms with Crippen LogP contribution in [0.2, 0.25) is 0 Å². The van der Waals surface area contributed by atoms with Crippen molar-refractivity contribution in [1.29, 1.82) is 0 Å². The molecule has 0 fully saturated rings. The van der Waals surface area contributed by atoms with Gasteiger partial charge in [0.25, 0.3) is 0 Å². The molecule has 0 aliphatic heterocycles. The lowest BCUT2D eigenvalue weighted by Crippen LogP contribution is -2.27. The molecule has 1 aliphatic carbocycles. The van der Waals surface area contributed by atoms with Gasteiger partial charge in [0.05, 0.1) is 0 Å². The molecule has 1 aliphatic rings. The molecular weight excluding hydrogens is 292 g/mol. The highest BCUT2D eigenvalue weighted by Crippen LogP contribution is 2.35. The minimum Gasteiger partial charge on any atom is -0.372 e. The first-order valence-corrected chi connectivity index (χ1v) is 9.28. The van der Waals surface area contributed by atoms with Gasteiger partial charge in [0.15, 0.2) is 0 Å². The molecule has 2 N–H and O–H groups in total. The molecule has 0 aromatic carbocycles. The van der Waals surface area contributed by atoms with E-state index in [0.29, 0.717) is 6.54 Å². The van der Waals surface area contributed by atoms with Crippen molar-refractivity contribution in [2.45, 2.75) is 53.4 Å². The van der Waals surface area contributed by atoms with Gasteiger partial charge in [-0.05, 0) is 50.3 Å². The minimum absolute atomic E-state index is 0.0243. The van der Waals surface area contributed by atoms with Crippen molar-refractivity contribution >= 4 is 0 Å². The summed E-state index contributed by atoms with van der Waals surface area (Å²) in [6.07, 6.45) is 13.3. The smallest absolute Gasteiger partial charge is 0.0323 e. The second-order valence-electron chi connectivity index (χ2n) is 7.13. The average molecular weight is 329 g/mol. The van der Waals surface area contributed by atoms with Crippen molar-refractivity contribution in [3.63, 3.8) is 0 Å². The molecule has 1 rings (SSSR count). The van der Waals surface area contributed by atoms with E-state index in [0.717, 1.165) is 50.0 Å². The summed E-state index contributed by atoms with van der Waals surface area (Å²) >= 11 is 0. The first-order chi connectivity index (χ1) is 11.4. The van der Waals surface area contributed by atoms with Crippen LogP contribution in [0.4, 0.5) is 0 Å². The lowest BCUT2D eigenvalue weighted by Gasteiger charge is -2.31. The first-order valence-electron chi connectivity index (χ1n) is 9.28. The van der Waals surface area contributed by atoms with Gasteiger partial charge in [-0.2, -0.15) is 0 Å². The van der Waals surface area contributed by atoms with Crippen molar-refractivity contribution in [2.75, 3.05) is 19.6 Å². The highest BCUT2D eigenvalue weighted by Gasteiger charge is 2.22. The van der Waals surface area contributed by atoms with Crippen LogP contribution in [0.3, 0.4) is 0 Å². The minimum atomic E-state index is 0.0243. The zero-order valence-corrected chi connectivity index (χ0v) is 16.2. The molecule has 0 amide bonds. The number of hydrogen-bond acceptors (Lipinski definition) is 2. The van der Waals surface area contributed by atoms with E-state index in [9.17, 15) is 0 Å². The summed E-state index contributed by atoms with van der Waals surface area (Å²) in [4.78, 5) is 2.41. The van der Waals surface area contributed by atoms with E-state index in [1.54, 1.807) is 0 Å². The quantitative estimate of drug-likeness (QED) is 0.547. The van der Waals surface area contributed by atoms with Gasteiger partial charge >= 0.3 is 0 Å². The first kappa shape index (κ1) is 20.5. The fraction of sp³-hybridized carbons (Fsp3) is 0.545. The molecule has 1 atom stereocenters. The summed E-state index contributed by atoms with van der Waals surface area (Å²) < 4.78 is 0. The number of nitrogens with two attached hydrogens (primary N) is 1. The summed E-state index contributed by atoms with van der Waals surface area (Å²) in [5.41, 5.74) is 10.7. The topological polar surface area (TPSA) is 29.3 Å². The van der Waals surface area contributed by atoms with Crippen LogP contribution in [0, 0.1) is 5.41 Å². The highest BCUT2D eigenvalue weighted by molar-refractivity contribution is 5.42. The average Bonchev–Trinajstić information content (AvgIpc) is 2.54. The Kier molecular flexibility index (Phi) is 8.27. The summed E-state index contributed by atoms with van der Waals surface area (Å²) in [5, 5.41) is 0. The largest absolute Gasteiger partial charge is 0.372 e. The molecular formula is C22H36N2. The third-order valence-corrected chi connectivity index (χ3v) is 4.56. The Morgan fingerprint density at radius 1 is 1.29 bits per heavy atom. The van der Waals surface area contributed by atoms with E-state index >= 15 is 0 Å². The van der Waals surface area contributed by atoms with Crippen LogP contribution >= 0.6 is 0 Å². The van der Waals surface area contributed by atoms with E-state index in [2.05, 4.69) is 70.1 Å². The van der Waals surface area contributed by atoms with Crippen LogP contribution in [-0.2, 0) is 0 Å². The monoisotopic (exact) mass is 328 g/mol.